The van der Waals surface area contributed by atoms with Gasteiger partial charge in [-0.2, -0.15) is 10.5 Å². The van der Waals surface area contributed by atoms with E-state index >= 15 is 0 Å². The van der Waals surface area contributed by atoms with Crippen LogP contribution in [0, 0.1) is 22.7 Å². The first-order chi connectivity index (χ1) is 14.5. The lowest BCUT2D eigenvalue weighted by molar-refractivity contribution is 0.0592. The number of hydrogen-bond donors (Lipinski definition) is 0. The van der Waals surface area contributed by atoms with Crippen LogP contribution in [0.2, 0.25) is 0 Å². The Morgan fingerprint density at radius 3 is 1.27 bits per heavy atom. The zero-order valence-electron chi connectivity index (χ0n) is 16.3. The number of nitriles is 2. The Labute approximate surface area is 173 Å². The molecule has 0 radical (unpaired) electrons. The smallest absolute Gasteiger partial charge is 0.337 e. The van der Waals surface area contributed by atoms with Crippen LogP contribution in [0.1, 0.15) is 31.8 Å². The van der Waals surface area contributed by atoms with Gasteiger partial charge in [-0.1, -0.05) is 24.3 Å². The van der Waals surface area contributed by atoms with Crippen LogP contribution in [0.4, 0.5) is 0 Å². The topological polar surface area (TPSA) is 100 Å². The maximum atomic E-state index is 11.7. The van der Waals surface area contributed by atoms with Gasteiger partial charge in [0.2, 0.25) is 0 Å². The fraction of sp³-hybridized carbons (Fsp3) is 0.0833. The molecule has 0 amide bonds. The van der Waals surface area contributed by atoms with E-state index in [1.54, 1.807) is 60.7 Å². The maximum absolute atomic E-state index is 11.7. The Balaban J connectivity index is 2.17. The molecule has 0 heterocycles. The molecule has 3 aromatic carbocycles. The van der Waals surface area contributed by atoms with E-state index in [0.29, 0.717) is 22.3 Å². The first-order valence-corrected chi connectivity index (χ1v) is 8.88. The van der Waals surface area contributed by atoms with Crippen molar-refractivity contribution in [1.29, 1.82) is 10.5 Å². The van der Waals surface area contributed by atoms with E-state index in [9.17, 15) is 20.1 Å². The second-order valence-corrected chi connectivity index (χ2v) is 6.30. The molecule has 0 aliphatic rings. The Morgan fingerprint density at radius 1 is 0.667 bits per heavy atom. The minimum atomic E-state index is -0.447. The average Bonchev–Trinajstić information content (AvgIpc) is 2.82. The number of hydrogen-bond acceptors (Lipinski definition) is 6. The van der Waals surface area contributed by atoms with Crippen LogP contribution in [0.3, 0.4) is 0 Å². The minimum Gasteiger partial charge on any atom is -0.465 e. The van der Waals surface area contributed by atoms with E-state index in [4.69, 9.17) is 9.47 Å². The predicted octanol–water partition coefficient (Wildman–Crippen LogP) is 4.34. The number of carbonyl (C=O) groups is 2. The largest absolute Gasteiger partial charge is 0.465 e. The van der Waals surface area contributed by atoms with Crippen molar-refractivity contribution in [1.82, 2.24) is 0 Å². The molecule has 0 saturated heterocycles. The van der Waals surface area contributed by atoms with Crippen LogP contribution >= 0.6 is 0 Å². The first kappa shape index (κ1) is 20.3. The Kier molecular flexibility index (Phi) is 5.91. The van der Waals surface area contributed by atoms with Crippen molar-refractivity contribution < 1.29 is 19.1 Å². The standard InChI is InChI=1S/C24H16N2O4/c1-29-23(27)17-7-3-15(4-8-17)21-11-19(13-25)20(14-26)12-22(21)16-5-9-18(10-6-16)24(28)30-2/h3-12H,1-2H3. The quantitative estimate of drug-likeness (QED) is 0.608. The number of carbonyl (C=O) groups excluding carboxylic acids is 2. The third kappa shape index (κ3) is 3.89. The lowest BCUT2D eigenvalue weighted by atomic mass is 9.90. The molecule has 0 unspecified atom stereocenters. The van der Waals surface area contributed by atoms with Crippen molar-refractivity contribution in [2.45, 2.75) is 0 Å². The molecule has 0 aliphatic heterocycles. The van der Waals surface area contributed by atoms with Gasteiger partial charge in [0.05, 0.1) is 36.5 Å². The van der Waals surface area contributed by atoms with Crippen molar-refractivity contribution in [2.24, 2.45) is 0 Å². The van der Waals surface area contributed by atoms with Gasteiger partial charge in [0.1, 0.15) is 12.1 Å². The van der Waals surface area contributed by atoms with Crippen LogP contribution in [0.5, 0.6) is 0 Å². The normalized spacial score (nSPS) is 9.87. The lowest BCUT2D eigenvalue weighted by Gasteiger charge is -2.13. The molecule has 0 saturated carbocycles. The van der Waals surface area contributed by atoms with E-state index in [1.807, 2.05) is 12.1 Å². The van der Waals surface area contributed by atoms with Gasteiger partial charge in [0.25, 0.3) is 0 Å². The molecular formula is C24H16N2O4. The fourth-order valence-electron chi connectivity index (χ4n) is 3.07. The summed E-state index contributed by atoms with van der Waals surface area (Å²) in [6, 6.07) is 20.9. The van der Waals surface area contributed by atoms with E-state index in [-0.39, 0.29) is 11.1 Å². The number of rotatable bonds is 4. The number of methoxy groups -OCH3 is 2. The molecule has 0 aromatic heterocycles. The second kappa shape index (κ2) is 8.72. The van der Waals surface area contributed by atoms with Crippen LogP contribution in [-0.2, 0) is 9.47 Å². The molecule has 3 aromatic rings. The third-order valence-electron chi connectivity index (χ3n) is 4.63. The Hall–Kier alpha value is -4.42. The molecule has 6 heteroatoms. The fourth-order valence-corrected chi connectivity index (χ4v) is 3.07. The minimum absolute atomic E-state index is 0.250. The molecule has 0 fully saturated rings. The van der Waals surface area contributed by atoms with Crippen LogP contribution in [-0.4, -0.2) is 26.2 Å². The molecule has 6 nitrogen and oxygen atoms in total. The number of benzene rings is 3. The molecule has 0 N–H and O–H groups in total. The summed E-state index contributed by atoms with van der Waals surface area (Å²) < 4.78 is 9.45. The van der Waals surface area contributed by atoms with E-state index in [0.717, 1.165) is 11.1 Å². The van der Waals surface area contributed by atoms with Gasteiger partial charge >= 0.3 is 11.9 Å². The van der Waals surface area contributed by atoms with Crippen molar-refractivity contribution in [3.63, 3.8) is 0 Å². The van der Waals surface area contributed by atoms with Crippen LogP contribution in [0.25, 0.3) is 22.3 Å². The van der Waals surface area contributed by atoms with Gasteiger partial charge in [-0.15, -0.1) is 0 Å². The summed E-state index contributed by atoms with van der Waals surface area (Å²) in [4.78, 5) is 23.4. The van der Waals surface area contributed by atoms with Crippen molar-refractivity contribution in [2.75, 3.05) is 14.2 Å². The second-order valence-electron chi connectivity index (χ2n) is 6.30. The Morgan fingerprint density at radius 2 is 1.00 bits per heavy atom. The Bertz CT molecular complexity index is 1100. The van der Waals surface area contributed by atoms with Gasteiger partial charge in [-0.25, -0.2) is 9.59 Å². The SMILES string of the molecule is COC(=O)c1ccc(-c2cc(C#N)c(C#N)cc2-c2ccc(C(=O)OC)cc2)cc1. The van der Waals surface area contributed by atoms with Gasteiger partial charge in [-0.05, 0) is 58.7 Å². The van der Waals surface area contributed by atoms with Gasteiger partial charge in [0, 0.05) is 0 Å². The highest BCUT2D eigenvalue weighted by molar-refractivity contribution is 5.93. The van der Waals surface area contributed by atoms with Gasteiger partial charge in [0.15, 0.2) is 0 Å². The van der Waals surface area contributed by atoms with Crippen molar-refractivity contribution in [3.8, 4) is 34.4 Å². The third-order valence-corrected chi connectivity index (χ3v) is 4.63. The number of nitrogens with zero attached hydrogens (tertiary/aromatic N) is 2. The van der Waals surface area contributed by atoms with Crippen LogP contribution in [0.15, 0.2) is 60.7 Å². The highest BCUT2D eigenvalue weighted by Gasteiger charge is 2.15. The molecule has 0 bridgehead atoms. The summed E-state index contributed by atoms with van der Waals surface area (Å²) >= 11 is 0. The highest BCUT2D eigenvalue weighted by atomic mass is 16.5. The molecule has 0 aliphatic carbocycles. The van der Waals surface area contributed by atoms with Crippen LogP contribution < -0.4 is 0 Å². The first-order valence-electron chi connectivity index (χ1n) is 8.88. The zero-order chi connectivity index (χ0) is 21.7. The van der Waals surface area contributed by atoms with E-state index in [1.165, 1.54) is 14.2 Å². The number of ether oxygens (including phenoxy) is 2. The molecule has 146 valence electrons. The summed E-state index contributed by atoms with van der Waals surface area (Å²) in [5.41, 5.74) is 4.25. The van der Waals surface area contributed by atoms with Gasteiger partial charge < -0.3 is 9.47 Å². The van der Waals surface area contributed by atoms with E-state index in [2.05, 4.69) is 0 Å². The maximum Gasteiger partial charge on any atom is 0.337 e. The summed E-state index contributed by atoms with van der Waals surface area (Å²) in [6.07, 6.45) is 0. The van der Waals surface area contributed by atoms with E-state index < -0.39 is 11.9 Å². The molecular weight excluding hydrogens is 380 g/mol. The average molecular weight is 396 g/mol. The lowest BCUT2D eigenvalue weighted by Crippen LogP contribution is -2.01. The summed E-state index contributed by atoms with van der Waals surface area (Å²) in [6.45, 7) is 0. The zero-order valence-corrected chi connectivity index (χ0v) is 16.3. The molecule has 30 heavy (non-hydrogen) atoms. The van der Waals surface area contributed by atoms with Crippen molar-refractivity contribution >= 4 is 11.9 Å². The summed E-state index contributed by atoms with van der Waals surface area (Å²) in [7, 11) is 2.62. The molecule has 0 spiro atoms. The van der Waals surface area contributed by atoms with Crippen molar-refractivity contribution in [3.05, 3.63) is 82.9 Å². The predicted molar refractivity (Wildman–Crippen MR) is 109 cm³/mol. The summed E-state index contributed by atoms with van der Waals surface area (Å²) in [5, 5.41) is 18.9. The molecule has 3 rings (SSSR count). The summed E-state index contributed by atoms with van der Waals surface area (Å²) in [5.74, 6) is -0.893. The number of esters is 2. The monoisotopic (exact) mass is 396 g/mol. The highest BCUT2D eigenvalue weighted by Crippen LogP contribution is 2.35. The van der Waals surface area contributed by atoms with Gasteiger partial charge in [-0.3, -0.25) is 0 Å². The molecule has 0 atom stereocenters.